The molecule has 5 nitrogen and oxygen atoms in total. The van der Waals surface area contributed by atoms with E-state index < -0.39 is 12.1 Å². The Balaban J connectivity index is 3.19. The van der Waals surface area contributed by atoms with Gasteiger partial charge >= 0.3 is 5.97 Å². The molecule has 1 rings (SSSR count). The Morgan fingerprint density at radius 2 is 2.24 bits per heavy atom. The number of carboxylic acids is 1. The highest BCUT2D eigenvalue weighted by atomic mass is 16.5. The number of carboxylic acid groups (broad SMARTS) is 1. The summed E-state index contributed by atoms with van der Waals surface area (Å²) in [4.78, 5) is 21.2. The molecule has 17 heavy (non-hydrogen) atoms. The number of ether oxygens (including phenoxy) is 1. The topological polar surface area (TPSA) is 83.8 Å². The normalized spacial score (nSPS) is 11.9. The van der Waals surface area contributed by atoms with Crippen molar-refractivity contribution in [1.82, 2.24) is 0 Å². The second kappa shape index (κ2) is 6.00. The van der Waals surface area contributed by atoms with E-state index in [0.717, 1.165) is 6.29 Å². The lowest BCUT2D eigenvalue weighted by atomic mass is 9.97. The van der Waals surface area contributed by atoms with Crippen LogP contribution < -0.4 is 4.74 Å². The van der Waals surface area contributed by atoms with Crippen LogP contribution in [0.25, 0.3) is 0 Å². The van der Waals surface area contributed by atoms with E-state index in [2.05, 4.69) is 0 Å². The first kappa shape index (κ1) is 13.2. The number of aldehydes is 1. The molecule has 0 bridgehead atoms. The van der Waals surface area contributed by atoms with Crippen molar-refractivity contribution in [2.24, 2.45) is 0 Å². The number of hydrogen-bond donors (Lipinski definition) is 2. The third kappa shape index (κ3) is 3.04. The number of rotatable bonds is 6. The van der Waals surface area contributed by atoms with Crippen LogP contribution in [0.2, 0.25) is 0 Å². The van der Waals surface area contributed by atoms with Gasteiger partial charge in [0.2, 0.25) is 0 Å². The van der Waals surface area contributed by atoms with Crippen molar-refractivity contribution in [1.29, 1.82) is 0 Å². The van der Waals surface area contributed by atoms with E-state index in [4.69, 9.17) is 9.84 Å². The van der Waals surface area contributed by atoms with Gasteiger partial charge in [-0.3, -0.25) is 0 Å². The highest BCUT2D eigenvalue weighted by molar-refractivity contribution is 5.76. The molecule has 1 unspecified atom stereocenters. The van der Waals surface area contributed by atoms with Crippen LogP contribution in [0.5, 0.6) is 5.75 Å². The first-order valence-corrected chi connectivity index (χ1v) is 5.12. The summed E-state index contributed by atoms with van der Waals surface area (Å²) in [7, 11) is 1.40. The SMILES string of the molecule is COc1cccc(CCC=O)c1C(O)C(=O)O. The van der Waals surface area contributed by atoms with Gasteiger partial charge in [0.15, 0.2) is 6.10 Å². The quantitative estimate of drug-likeness (QED) is 0.721. The van der Waals surface area contributed by atoms with Crippen molar-refractivity contribution < 1.29 is 24.5 Å². The molecule has 0 aliphatic carbocycles. The number of hydrogen-bond acceptors (Lipinski definition) is 4. The van der Waals surface area contributed by atoms with Crippen LogP contribution in [-0.2, 0) is 16.0 Å². The Bertz CT molecular complexity index is 413. The summed E-state index contributed by atoms with van der Waals surface area (Å²) in [6.45, 7) is 0. The zero-order valence-electron chi connectivity index (χ0n) is 9.42. The van der Waals surface area contributed by atoms with Crippen LogP contribution in [-0.4, -0.2) is 29.6 Å². The van der Waals surface area contributed by atoms with E-state index in [1.165, 1.54) is 7.11 Å². The van der Waals surface area contributed by atoms with Crippen molar-refractivity contribution >= 4 is 12.3 Å². The second-order valence-corrected chi connectivity index (χ2v) is 3.48. The van der Waals surface area contributed by atoms with Crippen LogP contribution in [0.15, 0.2) is 18.2 Å². The fourth-order valence-electron chi connectivity index (χ4n) is 1.63. The van der Waals surface area contributed by atoms with Crippen molar-refractivity contribution in [2.75, 3.05) is 7.11 Å². The molecule has 0 saturated heterocycles. The Hall–Kier alpha value is -1.88. The number of aliphatic hydroxyl groups is 1. The highest BCUT2D eigenvalue weighted by Crippen LogP contribution is 2.29. The van der Waals surface area contributed by atoms with Crippen LogP contribution in [0, 0.1) is 0 Å². The first-order valence-electron chi connectivity index (χ1n) is 5.12. The summed E-state index contributed by atoms with van der Waals surface area (Å²) in [6, 6.07) is 4.94. The maximum atomic E-state index is 10.8. The van der Waals surface area contributed by atoms with Crippen LogP contribution in [0.1, 0.15) is 23.7 Å². The molecule has 5 heteroatoms. The third-order valence-electron chi connectivity index (χ3n) is 2.42. The fraction of sp³-hybridized carbons (Fsp3) is 0.333. The molecular formula is C12H14O5. The van der Waals surface area contributed by atoms with Crippen molar-refractivity contribution in [3.8, 4) is 5.75 Å². The number of carbonyl (C=O) groups is 2. The van der Waals surface area contributed by atoms with E-state index in [9.17, 15) is 14.7 Å². The van der Waals surface area contributed by atoms with Crippen LogP contribution in [0.3, 0.4) is 0 Å². The maximum Gasteiger partial charge on any atom is 0.337 e. The highest BCUT2D eigenvalue weighted by Gasteiger charge is 2.23. The Morgan fingerprint density at radius 3 is 2.76 bits per heavy atom. The summed E-state index contributed by atoms with van der Waals surface area (Å²) < 4.78 is 5.03. The molecule has 0 amide bonds. The second-order valence-electron chi connectivity index (χ2n) is 3.48. The van der Waals surface area contributed by atoms with Gasteiger partial charge in [-0.2, -0.15) is 0 Å². The maximum absolute atomic E-state index is 10.8. The molecule has 1 aromatic carbocycles. The lowest BCUT2D eigenvalue weighted by molar-refractivity contribution is -0.147. The number of carbonyl (C=O) groups excluding carboxylic acids is 1. The largest absolute Gasteiger partial charge is 0.496 e. The van der Waals surface area contributed by atoms with E-state index in [0.29, 0.717) is 17.7 Å². The third-order valence-corrected chi connectivity index (χ3v) is 2.42. The van der Waals surface area contributed by atoms with Gasteiger partial charge in [-0.1, -0.05) is 12.1 Å². The molecule has 1 aromatic rings. The minimum Gasteiger partial charge on any atom is -0.496 e. The number of methoxy groups -OCH3 is 1. The molecule has 0 aliphatic rings. The Labute approximate surface area is 98.6 Å². The molecule has 92 valence electrons. The summed E-state index contributed by atoms with van der Waals surface area (Å²) in [6.07, 6.45) is -0.253. The van der Waals surface area contributed by atoms with Crippen molar-refractivity contribution in [3.63, 3.8) is 0 Å². The zero-order valence-corrected chi connectivity index (χ0v) is 9.42. The molecule has 0 aromatic heterocycles. The molecule has 1 atom stereocenters. The van der Waals surface area contributed by atoms with Gasteiger partial charge in [0, 0.05) is 12.0 Å². The van der Waals surface area contributed by atoms with Crippen LogP contribution >= 0.6 is 0 Å². The summed E-state index contributed by atoms with van der Waals surface area (Å²) in [5, 5.41) is 18.5. The Kier molecular flexibility index (Phi) is 4.66. The summed E-state index contributed by atoms with van der Waals surface area (Å²) >= 11 is 0. The molecule has 0 spiro atoms. The molecule has 0 radical (unpaired) electrons. The van der Waals surface area contributed by atoms with E-state index in [1.54, 1.807) is 18.2 Å². The van der Waals surface area contributed by atoms with Gasteiger partial charge in [-0.15, -0.1) is 0 Å². The zero-order chi connectivity index (χ0) is 12.8. The number of aliphatic carboxylic acids is 1. The number of benzene rings is 1. The average molecular weight is 238 g/mol. The monoisotopic (exact) mass is 238 g/mol. The van der Waals surface area contributed by atoms with Gasteiger partial charge in [-0.05, 0) is 18.1 Å². The molecule has 0 aliphatic heterocycles. The van der Waals surface area contributed by atoms with E-state index in [1.807, 2.05) is 0 Å². The minimum atomic E-state index is -1.65. The molecule has 0 heterocycles. The number of aliphatic hydroxyl groups excluding tert-OH is 1. The lowest BCUT2D eigenvalue weighted by Crippen LogP contribution is -2.14. The number of aryl methyl sites for hydroxylation is 1. The molecular weight excluding hydrogens is 224 g/mol. The summed E-state index contributed by atoms with van der Waals surface area (Å²) in [5.74, 6) is -1.04. The average Bonchev–Trinajstić information content (AvgIpc) is 2.34. The Morgan fingerprint density at radius 1 is 1.53 bits per heavy atom. The standard InChI is InChI=1S/C12H14O5/c1-17-9-6-2-4-8(5-3-7-13)10(9)11(14)12(15)16/h2,4,6-7,11,14H,3,5H2,1H3,(H,15,16). The van der Waals surface area contributed by atoms with E-state index >= 15 is 0 Å². The molecule has 2 N–H and O–H groups in total. The van der Waals surface area contributed by atoms with Gasteiger partial charge in [0.25, 0.3) is 0 Å². The predicted molar refractivity (Wildman–Crippen MR) is 60.0 cm³/mol. The van der Waals surface area contributed by atoms with Gasteiger partial charge in [-0.25, -0.2) is 4.79 Å². The molecule has 0 fully saturated rings. The van der Waals surface area contributed by atoms with Gasteiger partial charge in [0.1, 0.15) is 12.0 Å². The summed E-state index contributed by atoms with van der Waals surface area (Å²) in [5.41, 5.74) is 0.815. The van der Waals surface area contributed by atoms with Gasteiger partial charge < -0.3 is 19.7 Å². The molecule has 0 saturated carbocycles. The van der Waals surface area contributed by atoms with Crippen molar-refractivity contribution in [2.45, 2.75) is 18.9 Å². The van der Waals surface area contributed by atoms with Gasteiger partial charge in [0.05, 0.1) is 7.11 Å². The minimum absolute atomic E-state index is 0.212. The van der Waals surface area contributed by atoms with E-state index in [-0.39, 0.29) is 12.0 Å². The van der Waals surface area contributed by atoms with Crippen LogP contribution in [0.4, 0.5) is 0 Å². The fourth-order valence-corrected chi connectivity index (χ4v) is 1.63. The predicted octanol–water partition coefficient (Wildman–Crippen LogP) is 0.945. The first-order chi connectivity index (χ1) is 8.11. The van der Waals surface area contributed by atoms with Crippen molar-refractivity contribution in [3.05, 3.63) is 29.3 Å². The lowest BCUT2D eigenvalue weighted by Gasteiger charge is -2.15. The smallest absolute Gasteiger partial charge is 0.337 e.